The lowest BCUT2D eigenvalue weighted by Gasteiger charge is -2.11. The summed E-state index contributed by atoms with van der Waals surface area (Å²) in [7, 11) is 0. The van der Waals surface area contributed by atoms with E-state index < -0.39 is 6.04 Å². The summed E-state index contributed by atoms with van der Waals surface area (Å²) in [5, 5.41) is 6.18. The maximum absolute atomic E-state index is 12.1. The van der Waals surface area contributed by atoms with Crippen molar-refractivity contribution in [1.29, 1.82) is 0 Å². The molecule has 6 nitrogen and oxygen atoms in total. The molecule has 1 aliphatic rings. The molecule has 24 heavy (non-hydrogen) atoms. The minimum atomic E-state index is -0.435. The molecule has 2 aromatic rings. The van der Waals surface area contributed by atoms with Gasteiger partial charge in [-0.1, -0.05) is 0 Å². The number of benzene rings is 1. The fraction of sp³-hybridized carbons (Fsp3) is 0.294. The van der Waals surface area contributed by atoms with Crippen LogP contribution in [0.2, 0.25) is 0 Å². The molecule has 124 valence electrons. The summed E-state index contributed by atoms with van der Waals surface area (Å²) >= 11 is 1.48. The summed E-state index contributed by atoms with van der Waals surface area (Å²) in [5.74, 6) is -0.255. The van der Waals surface area contributed by atoms with Crippen molar-refractivity contribution < 1.29 is 9.59 Å². The van der Waals surface area contributed by atoms with Crippen molar-refractivity contribution in [3.63, 3.8) is 0 Å². The van der Waals surface area contributed by atoms with Crippen molar-refractivity contribution in [3.8, 4) is 0 Å². The maximum Gasteiger partial charge on any atom is 0.246 e. The molecular formula is C17H18N4O2S. The van der Waals surface area contributed by atoms with Gasteiger partial charge < -0.3 is 10.6 Å². The zero-order valence-corrected chi connectivity index (χ0v) is 14.3. The van der Waals surface area contributed by atoms with E-state index in [1.807, 2.05) is 44.2 Å². The van der Waals surface area contributed by atoms with Gasteiger partial charge in [0.15, 0.2) is 5.16 Å². The molecule has 1 atom stereocenters. The number of anilines is 1. The molecular weight excluding hydrogens is 324 g/mol. The number of hydrogen-bond donors (Lipinski definition) is 2. The second kappa shape index (κ2) is 7.00. The Hall–Kier alpha value is -2.41. The lowest BCUT2D eigenvalue weighted by Crippen LogP contribution is -2.37. The topological polar surface area (TPSA) is 84.0 Å². The van der Waals surface area contributed by atoms with Crippen LogP contribution in [0, 0.1) is 13.8 Å². The van der Waals surface area contributed by atoms with Gasteiger partial charge >= 0.3 is 0 Å². The minimum Gasteiger partial charge on any atom is -0.344 e. The highest BCUT2D eigenvalue weighted by Crippen LogP contribution is 2.26. The van der Waals surface area contributed by atoms with Gasteiger partial charge in [-0.2, -0.15) is 0 Å². The van der Waals surface area contributed by atoms with Crippen LogP contribution in [-0.2, 0) is 9.59 Å². The van der Waals surface area contributed by atoms with Gasteiger partial charge in [0.2, 0.25) is 11.8 Å². The molecule has 1 aromatic heterocycles. The van der Waals surface area contributed by atoms with E-state index in [0.717, 1.165) is 16.3 Å². The lowest BCUT2D eigenvalue weighted by atomic mass is 10.2. The van der Waals surface area contributed by atoms with Crippen molar-refractivity contribution in [2.75, 3.05) is 5.32 Å². The quantitative estimate of drug-likeness (QED) is 0.834. The Morgan fingerprint density at radius 1 is 1.21 bits per heavy atom. The van der Waals surface area contributed by atoms with Crippen LogP contribution in [0.1, 0.15) is 24.2 Å². The third-order valence-electron chi connectivity index (χ3n) is 3.60. The molecule has 0 bridgehead atoms. The smallest absolute Gasteiger partial charge is 0.246 e. The average Bonchev–Trinajstić information content (AvgIpc) is 2.95. The number of amides is 2. The molecule has 1 aliphatic heterocycles. The molecule has 2 amide bonds. The summed E-state index contributed by atoms with van der Waals surface area (Å²) < 4.78 is 0. The van der Waals surface area contributed by atoms with Gasteiger partial charge in [-0.05, 0) is 62.4 Å². The number of nitrogens with zero attached hydrogens (tertiary/aromatic N) is 2. The first-order chi connectivity index (χ1) is 11.5. The van der Waals surface area contributed by atoms with Crippen LogP contribution in [0.4, 0.5) is 5.69 Å². The molecule has 7 heteroatoms. The van der Waals surface area contributed by atoms with Crippen LogP contribution in [0.25, 0.3) is 0 Å². The first-order valence-corrected chi connectivity index (χ1v) is 8.52. The Kier molecular flexibility index (Phi) is 4.80. The van der Waals surface area contributed by atoms with E-state index in [0.29, 0.717) is 23.7 Å². The second-order valence-corrected chi connectivity index (χ2v) is 6.75. The van der Waals surface area contributed by atoms with Crippen molar-refractivity contribution in [1.82, 2.24) is 15.3 Å². The third-order valence-corrected chi connectivity index (χ3v) is 4.48. The number of aromatic nitrogens is 2. The standard InChI is InChI=1S/C17H18N4O2S/c1-10-9-11(2)19-17(18-10)24-13-5-3-12(4-6-13)20-16(23)14-7-8-15(22)21-14/h3-6,9,14H,7-8H2,1-2H3,(H,20,23)(H,21,22)/t14-/m0/s1. The molecule has 2 N–H and O–H groups in total. The Morgan fingerprint density at radius 2 is 1.88 bits per heavy atom. The second-order valence-electron chi connectivity index (χ2n) is 5.71. The summed E-state index contributed by atoms with van der Waals surface area (Å²) in [6, 6.07) is 8.99. The van der Waals surface area contributed by atoms with Gasteiger partial charge in [0, 0.05) is 28.4 Å². The summed E-state index contributed by atoms with van der Waals surface area (Å²) in [6.45, 7) is 3.89. The van der Waals surface area contributed by atoms with E-state index in [4.69, 9.17) is 0 Å². The SMILES string of the molecule is Cc1cc(C)nc(Sc2ccc(NC(=O)[C@@H]3CCC(=O)N3)cc2)n1. The summed E-state index contributed by atoms with van der Waals surface area (Å²) in [6.07, 6.45) is 0.951. The number of nitrogens with one attached hydrogen (secondary N) is 2. The highest BCUT2D eigenvalue weighted by molar-refractivity contribution is 7.99. The molecule has 0 saturated carbocycles. The predicted molar refractivity (Wildman–Crippen MR) is 91.9 cm³/mol. The molecule has 1 saturated heterocycles. The number of rotatable bonds is 4. The van der Waals surface area contributed by atoms with Gasteiger partial charge in [0.1, 0.15) is 6.04 Å². The number of carbonyl (C=O) groups is 2. The maximum atomic E-state index is 12.1. The Labute approximate surface area is 144 Å². The number of aryl methyl sites for hydroxylation is 2. The zero-order chi connectivity index (χ0) is 17.1. The van der Waals surface area contributed by atoms with Crippen molar-refractivity contribution in [3.05, 3.63) is 41.7 Å². The minimum absolute atomic E-state index is 0.0738. The van der Waals surface area contributed by atoms with E-state index in [2.05, 4.69) is 20.6 Å². The largest absolute Gasteiger partial charge is 0.344 e. The van der Waals surface area contributed by atoms with E-state index in [1.54, 1.807) is 0 Å². The van der Waals surface area contributed by atoms with E-state index in [9.17, 15) is 9.59 Å². The van der Waals surface area contributed by atoms with E-state index in [1.165, 1.54) is 11.8 Å². The van der Waals surface area contributed by atoms with E-state index >= 15 is 0 Å². The first-order valence-electron chi connectivity index (χ1n) is 7.70. The molecule has 0 aliphatic carbocycles. The highest BCUT2D eigenvalue weighted by atomic mass is 32.2. The molecule has 0 spiro atoms. The van der Waals surface area contributed by atoms with Crippen LogP contribution >= 0.6 is 11.8 Å². The van der Waals surface area contributed by atoms with Crippen LogP contribution < -0.4 is 10.6 Å². The number of hydrogen-bond acceptors (Lipinski definition) is 5. The van der Waals surface area contributed by atoms with Gasteiger partial charge in [-0.25, -0.2) is 9.97 Å². The predicted octanol–water partition coefficient (Wildman–Crippen LogP) is 2.46. The third kappa shape index (κ3) is 4.11. The molecule has 3 rings (SSSR count). The number of carbonyl (C=O) groups excluding carboxylic acids is 2. The van der Waals surface area contributed by atoms with Crippen LogP contribution in [0.5, 0.6) is 0 Å². The lowest BCUT2D eigenvalue weighted by molar-refractivity contribution is -0.122. The summed E-state index contributed by atoms with van der Waals surface area (Å²) in [4.78, 5) is 33.0. The van der Waals surface area contributed by atoms with Gasteiger partial charge in [0.25, 0.3) is 0 Å². The van der Waals surface area contributed by atoms with Crippen molar-refractivity contribution in [2.45, 2.75) is 42.8 Å². The fourth-order valence-electron chi connectivity index (χ4n) is 2.49. The van der Waals surface area contributed by atoms with Crippen molar-refractivity contribution in [2.24, 2.45) is 0 Å². The molecule has 1 fully saturated rings. The molecule has 1 aromatic carbocycles. The van der Waals surface area contributed by atoms with Crippen molar-refractivity contribution >= 4 is 29.3 Å². The Bertz CT molecular complexity index is 756. The zero-order valence-electron chi connectivity index (χ0n) is 13.5. The molecule has 0 unspecified atom stereocenters. The average molecular weight is 342 g/mol. The monoisotopic (exact) mass is 342 g/mol. The normalized spacial score (nSPS) is 16.8. The first kappa shape index (κ1) is 16.4. The van der Waals surface area contributed by atoms with Gasteiger partial charge in [-0.3, -0.25) is 9.59 Å². The van der Waals surface area contributed by atoms with Crippen LogP contribution in [-0.4, -0.2) is 27.8 Å². The molecule has 0 radical (unpaired) electrons. The van der Waals surface area contributed by atoms with Gasteiger partial charge in [0.05, 0.1) is 0 Å². The van der Waals surface area contributed by atoms with Gasteiger partial charge in [-0.15, -0.1) is 0 Å². The van der Waals surface area contributed by atoms with Crippen LogP contribution in [0.15, 0.2) is 40.4 Å². The molecule has 2 heterocycles. The van der Waals surface area contributed by atoms with E-state index in [-0.39, 0.29) is 11.8 Å². The highest BCUT2D eigenvalue weighted by Gasteiger charge is 2.27. The summed E-state index contributed by atoms with van der Waals surface area (Å²) in [5.41, 5.74) is 2.58. The van der Waals surface area contributed by atoms with Crippen LogP contribution in [0.3, 0.4) is 0 Å². The fourth-order valence-corrected chi connectivity index (χ4v) is 3.35. The Morgan fingerprint density at radius 3 is 2.46 bits per heavy atom. The Balaban J connectivity index is 1.62.